The van der Waals surface area contributed by atoms with Crippen molar-refractivity contribution in [2.24, 2.45) is 0 Å². The molecule has 0 aromatic heterocycles. The summed E-state index contributed by atoms with van der Waals surface area (Å²) in [5.41, 5.74) is 1.31. The van der Waals surface area contributed by atoms with Crippen molar-refractivity contribution in [3.63, 3.8) is 0 Å². The molecule has 1 aliphatic rings. The lowest BCUT2D eigenvalue weighted by atomic mass is 10.0. The van der Waals surface area contributed by atoms with Crippen molar-refractivity contribution < 1.29 is 23.8 Å². The van der Waals surface area contributed by atoms with Crippen LogP contribution in [-0.2, 0) is 23.8 Å². The highest BCUT2D eigenvalue weighted by atomic mass is 35.5. The van der Waals surface area contributed by atoms with E-state index in [0.717, 1.165) is 5.69 Å². The Morgan fingerprint density at radius 2 is 1.89 bits per heavy atom. The molecule has 6 nitrogen and oxygen atoms in total. The van der Waals surface area contributed by atoms with Crippen LogP contribution in [0.3, 0.4) is 0 Å². The van der Waals surface area contributed by atoms with E-state index < -0.39 is 24.1 Å². The number of rotatable bonds is 7. The summed E-state index contributed by atoms with van der Waals surface area (Å²) in [5, 5.41) is 3.37. The fraction of sp³-hybridized carbons (Fsp3) is 0.200. The molecule has 3 rings (SSSR count). The molecule has 0 fully saturated rings. The molecule has 1 N–H and O–H groups in total. The Bertz CT molecular complexity index is 852. The Morgan fingerprint density at radius 3 is 2.59 bits per heavy atom. The van der Waals surface area contributed by atoms with Crippen molar-refractivity contribution in [2.45, 2.75) is 12.2 Å². The van der Waals surface area contributed by atoms with Gasteiger partial charge in [0, 0.05) is 16.3 Å². The van der Waals surface area contributed by atoms with Gasteiger partial charge in [0.1, 0.15) is 12.3 Å². The quantitative estimate of drug-likeness (QED) is 0.733. The van der Waals surface area contributed by atoms with Crippen LogP contribution >= 0.6 is 11.6 Å². The molecular weight excluding hydrogens is 370 g/mol. The largest absolute Gasteiger partial charge is 0.497 e. The summed E-state index contributed by atoms with van der Waals surface area (Å²) in [6.45, 7) is -0.0579. The van der Waals surface area contributed by atoms with E-state index in [-0.39, 0.29) is 12.3 Å². The summed E-state index contributed by atoms with van der Waals surface area (Å²) >= 11 is 6.27. The first-order chi connectivity index (χ1) is 13.1. The number of para-hydroxylation sites is 1. The lowest BCUT2D eigenvalue weighted by molar-refractivity contribution is -0.161. The molecule has 1 heterocycles. The first kappa shape index (κ1) is 18.8. The van der Waals surface area contributed by atoms with Crippen LogP contribution in [0.15, 0.2) is 66.4 Å². The van der Waals surface area contributed by atoms with Crippen molar-refractivity contribution in [3.05, 3.63) is 77.0 Å². The van der Waals surface area contributed by atoms with Crippen molar-refractivity contribution in [3.8, 4) is 0 Å². The number of hydrogen-bond donors (Lipinski definition) is 1. The molecule has 0 radical (unpaired) electrons. The molecule has 140 valence electrons. The minimum absolute atomic E-state index is 0.0579. The number of esters is 2. The average Bonchev–Trinajstić information content (AvgIpc) is 3.06. The molecule has 0 bridgehead atoms. The Hall–Kier alpha value is -2.99. The Kier molecular flexibility index (Phi) is 5.98. The van der Waals surface area contributed by atoms with Crippen LogP contribution in [0.4, 0.5) is 5.69 Å². The van der Waals surface area contributed by atoms with Gasteiger partial charge in [-0.15, -0.1) is 0 Å². The van der Waals surface area contributed by atoms with Crippen molar-refractivity contribution in [1.82, 2.24) is 0 Å². The molecule has 0 saturated heterocycles. The number of carbonyl (C=O) groups excluding carboxylic acids is 2. The number of anilines is 1. The van der Waals surface area contributed by atoms with E-state index in [1.807, 2.05) is 30.3 Å². The Morgan fingerprint density at radius 1 is 1.19 bits per heavy atom. The summed E-state index contributed by atoms with van der Waals surface area (Å²) < 4.78 is 16.1. The molecule has 2 aromatic carbocycles. The molecule has 1 aliphatic heterocycles. The predicted octanol–water partition coefficient (Wildman–Crippen LogP) is 3.49. The lowest BCUT2D eigenvalue weighted by Gasteiger charge is -2.25. The Labute approximate surface area is 161 Å². The van der Waals surface area contributed by atoms with Crippen LogP contribution in [0.25, 0.3) is 0 Å². The molecule has 0 saturated carbocycles. The number of halogens is 1. The van der Waals surface area contributed by atoms with Gasteiger partial charge in [-0.25, -0.2) is 4.79 Å². The number of nitrogens with one attached hydrogen (secondary N) is 1. The second kappa shape index (κ2) is 8.60. The highest BCUT2D eigenvalue weighted by molar-refractivity contribution is 6.31. The predicted molar refractivity (Wildman–Crippen MR) is 100 cm³/mol. The summed E-state index contributed by atoms with van der Waals surface area (Å²) in [7, 11) is 1.42. The minimum atomic E-state index is -0.929. The van der Waals surface area contributed by atoms with E-state index in [2.05, 4.69) is 5.32 Å². The molecule has 0 aliphatic carbocycles. The van der Waals surface area contributed by atoms with Crippen LogP contribution in [0.1, 0.15) is 11.7 Å². The first-order valence-corrected chi connectivity index (χ1v) is 8.65. The fourth-order valence-corrected chi connectivity index (χ4v) is 2.95. The third-order valence-corrected chi connectivity index (χ3v) is 4.32. The number of methoxy groups -OCH3 is 1. The maximum Gasteiger partial charge on any atom is 0.335 e. The molecule has 0 amide bonds. The van der Waals surface area contributed by atoms with Crippen LogP contribution < -0.4 is 5.32 Å². The van der Waals surface area contributed by atoms with Crippen LogP contribution in [-0.4, -0.2) is 31.7 Å². The van der Waals surface area contributed by atoms with Crippen LogP contribution in [0.2, 0.25) is 5.02 Å². The maximum absolute atomic E-state index is 12.4. The smallest absolute Gasteiger partial charge is 0.335 e. The van der Waals surface area contributed by atoms with Crippen LogP contribution in [0.5, 0.6) is 0 Å². The van der Waals surface area contributed by atoms with E-state index >= 15 is 0 Å². The number of hydrogen-bond acceptors (Lipinski definition) is 6. The zero-order valence-corrected chi connectivity index (χ0v) is 15.3. The zero-order chi connectivity index (χ0) is 19.2. The van der Waals surface area contributed by atoms with Gasteiger partial charge in [-0.05, 0) is 18.2 Å². The zero-order valence-electron chi connectivity index (χ0n) is 14.6. The number of carbonyl (C=O) groups is 2. The third-order valence-electron chi connectivity index (χ3n) is 3.98. The van der Waals surface area contributed by atoms with Gasteiger partial charge in [-0.3, -0.25) is 4.79 Å². The minimum Gasteiger partial charge on any atom is -0.497 e. The van der Waals surface area contributed by atoms with Gasteiger partial charge in [-0.1, -0.05) is 48.0 Å². The van der Waals surface area contributed by atoms with E-state index in [4.69, 9.17) is 25.8 Å². The number of cyclic esters (lactones) is 1. The van der Waals surface area contributed by atoms with Crippen LogP contribution in [0, 0.1) is 0 Å². The summed E-state index contributed by atoms with van der Waals surface area (Å²) in [5.74, 6) is -0.816. The van der Waals surface area contributed by atoms with Crippen molar-refractivity contribution in [2.75, 3.05) is 19.0 Å². The lowest BCUT2D eigenvalue weighted by Crippen LogP contribution is -2.29. The second-order valence-electron chi connectivity index (χ2n) is 5.76. The molecule has 0 spiro atoms. The van der Waals surface area contributed by atoms with Gasteiger partial charge >= 0.3 is 11.9 Å². The highest BCUT2D eigenvalue weighted by Gasteiger charge is 2.39. The molecule has 2 aromatic rings. The summed E-state index contributed by atoms with van der Waals surface area (Å²) in [6.07, 6.45) is -0.602. The SMILES string of the molecule is COC1=CC(=O)OC1C(OC(=O)CNc1ccccc1)c1ccccc1Cl. The van der Waals surface area contributed by atoms with Crippen molar-refractivity contribution >= 4 is 29.2 Å². The molecule has 2 unspecified atom stereocenters. The van der Waals surface area contributed by atoms with Gasteiger partial charge in [0.05, 0.1) is 13.2 Å². The summed E-state index contributed by atoms with van der Waals surface area (Å²) in [6, 6.07) is 16.2. The Balaban J connectivity index is 1.78. The normalized spacial score (nSPS) is 16.9. The molecular formula is C20H18ClNO5. The van der Waals surface area contributed by atoms with Gasteiger partial charge in [-0.2, -0.15) is 0 Å². The van der Waals surface area contributed by atoms with Gasteiger partial charge in [0.25, 0.3) is 0 Å². The van der Waals surface area contributed by atoms with E-state index in [9.17, 15) is 9.59 Å². The first-order valence-electron chi connectivity index (χ1n) is 8.27. The monoisotopic (exact) mass is 387 g/mol. The second-order valence-corrected chi connectivity index (χ2v) is 6.17. The van der Waals surface area contributed by atoms with E-state index in [1.165, 1.54) is 13.2 Å². The van der Waals surface area contributed by atoms with E-state index in [1.54, 1.807) is 24.3 Å². The van der Waals surface area contributed by atoms with E-state index in [0.29, 0.717) is 10.6 Å². The average molecular weight is 388 g/mol. The van der Waals surface area contributed by atoms with Gasteiger partial charge in [0.15, 0.2) is 12.2 Å². The molecule has 27 heavy (non-hydrogen) atoms. The van der Waals surface area contributed by atoms with Gasteiger partial charge in [0.2, 0.25) is 0 Å². The van der Waals surface area contributed by atoms with Gasteiger partial charge < -0.3 is 19.5 Å². The standard InChI is InChI=1S/C20H18ClNO5/c1-25-16-11-17(23)26-20(16)19(14-9-5-6-10-15(14)21)27-18(24)12-22-13-7-3-2-4-8-13/h2-11,19-20,22H,12H2,1H3. The highest BCUT2D eigenvalue weighted by Crippen LogP contribution is 2.35. The summed E-state index contributed by atoms with van der Waals surface area (Å²) in [4.78, 5) is 24.1. The maximum atomic E-state index is 12.4. The molecule has 7 heteroatoms. The fourth-order valence-electron chi connectivity index (χ4n) is 2.71. The number of ether oxygens (including phenoxy) is 3. The molecule has 2 atom stereocenters. The third kappa shape index (κ3) is 4.60. The van der Waals surface area contributed by atoms with Crippen molar-refractivity contribution in [1.29, 1.82) is 0 Å². The topological polar surface area (TPSA) is 73.9 Å². The number of benzene rings is 2.